The molecule has 0 aliphatic carbocycles. The van der Waals surface area contributed by atoms with Crippen LogP contribution < -0.4 is 11.5 Å². The van der Waals surface area contributed by atoms with Crippen molar-refractivity contribution in [1.82, 2.24) is 4.98 Å². The molecule has 0 aliphatic rings. The molecule has 2 rings (SSSR count). The van der Waals surface area contributed by atoms with Crippen LogP contribution in [0.1, 0.15) is 18.0 Å². The van der Waals surface area contributed by atoms with Crippen molar-refractivity contribution < 1.29 is 0 Å². The lowest BCUT2D eigenvalue weighted by Gasteiger charge is -2.12. The minimum atomic E-state index is 0. The second-order valence-electron chi connectivity index (χ2n) is 3.60. The molecule has 0 radical (unpaired) electrons. The van der Waals surface area contributed by atoms with Gasteiger partial charge in [-0.15, -0.1) is 12.4 Å². The summed E-state index contributed by atoms with van der Waals surface area (Å²) in [6.07, 6.45) is 2.60. The van der Waals surface area contributed by atoms with Gasteiger partial charge in [0.15, 0.2) is 0 Å². The molecule has 2 aromatic rings. The maximum Gasteiger partial charge on any atom is 0.0705 e. The fourth-order valence-electron chi connectivity index (χ4n) is 1.78. The first-order chi connectivity index (χ1) is 7.33. The number of nitrogens with two attached hydrogens (primary N) is 2. The second kappa shape index (κ2) is 5.80. The standard InChI is InChI=1S/C12H15N3.ClH/c13-7-5-11(14)9-6-8-15-12-4-2-1-3-10(9)12;/h1-4,6,8,11H,5,7,13-14H2;1H/t11-;/m1./s1. The van der Waals surface area contributed by atoms with E-state index in [9.17, 15) is 0 Å². The van der Waals surface area contributed by atoms with Crippen LogP contribution in [0.15, 0.2) is 36.5 Å². The molecular weight excluding hydrogens is 222 g/mol. The van der Waals surface area contributed by atoms with Crippen LogP contribution in [0.2, 0.25) is 0 Å². The van der Waals surface area contributed by atoms with E-state index in [1.165, 1.54) is 0 Å². The zero-order chi connectivity index (χ0) is 10.7. The average Bonchev–Trinajstić information content (AvgIpc) is 2.28. The van der Waals surface area contributed by atoms with Crippen molar-refractivity contribution in [2.24, 2.45) is 11.5 Å². The summed E-state index contributed by atoms with van der Waals surface area (Å²) in [5.74, 6) is 0. The van der Waals surface area contributed by atoms with Crippen LogP contribution in [0.5, 0.6) is 0 Å². The summed E-state index contributed by atoms with van der Waals surface area (Å²) < 4.78 is 0. The molecule has 0 fully saturated rings. The summed E-state index contributed by atoms with van der Waals surface area (Å²) in [6, 6.07) is 10.0. The fourth-order valence-corrected chi connectivity index (χ4v) is 1.78. The first-order valence-electron chi connectivity index (χ1n) is 5.12. The molecule has 0 saturated carbocycles. The number of para-hydroxylation sites is 1. The van der Waals surface area contributed by atoms with E-state index in [0.717, 1.165) is 22.9 Å². The summed E-state index contributed by atoms with van der Waals surface area (Å²) in [5, 5.41) is 1.13. The Bertz CT molecular complexity index is 453. The van der Waals surface area contributed by atoms with Gasteiger partial charge in [0.1, 0.15) is 0 Å². The molecule has 0 saturated heterocycles. The number of fused-ring (bicyclic) bond motifs is 1. The largest absolute Gasteiger partial charge is 0.330 e. The van der Waals surface area contributed by atoms with E-state index in [1.807, 2.05) is 30.3 Å². The molecule has 16 heavy (non-hydrogen) atoms. The van der Waals surface area contributed by atoms with Crippen LogP contribution in [0.25, 0.3) is 10.9 Å². The summed E-state index contributed by atoms with van der Waals surface area (Å²) in [4.78, 5) is 4.30. The van der Waals surface area contributed by atoms with Gasteiger partial charge in [-0.1, -0.05) is 18.2 Å². The van der Waals surface area contributed by atoms with Crippen molar-refractivity contribution in [2.45, 2.75) is 12.5 Å². The van der Waals surface area contributed by atoms with E-state index < -0.39 is 0 Å². The molecule has 1 aromatic heterocycles. The minimum Gasteiger partial charge on any atom is -0.330 e. The first kappa shape index (κ1) is 12.9. The molecule has 86 valence electrons. The van der Waals surface area contributed by atoms with Gasteiger partial charge in [-0.2, -0.15) is 0 Å². The lowest BCUT2D eigenvalue weighted by molar-refractivity contribution is 0.665. The molecule has 0 bridgehead atoms. The third-order valence-corrected chi connectivity index (χ3v) is 2.56. The van der Waals surface area contributed by atoms with Crippen molar-refractivity contribution in [1.29, 1.82) is 0 Å². The monoisotopic (exact) mass is 237 g/mol. The van der Waals surface area contributed by atoms with Gasteiger partial charge in [0.25, 0.3) is 0 Å². The van der Waals surface area contributed by atoms with Crippen LogP contribution in [0, 0.1) is 0 Å². The Labute approximate surface area is 101 Å². The highest BCUT2D eigenvalue weighted by Gasteiger charge is 2.08. The Balaban J connectivity index is 0.00000128. The number of hydrogen-bond acceptors (Lipinski definition) is 3. The number of hydrogen-bond donors (Lipinski definition) is 2. The van der Waals surface area contributed by atoms with Gasteiger partial charge < -0.3 is 11.5 Å². The highest BCUT2D eigenvalue weighted by molar-refractivity contribution is 5.85. The summed E-state index contributed by atoms with van der Waals surface area (Å²) >= 11 is 0. The lowest BCUT2D eigenvalue weighted by Crippen LogP contribution is -2.15. The molecule has 0 amide bonds. The molecule has 0 unspecified atom stereocenters. The van der Waals surface area contributed by atoms with Gasteiger partial charge in [0, 0.05) is 17.6 Å². The Morgan fingerprint density at radius 2 is 1.94 bits per heavy atom. The number of rotatable bonds is 3. The fraction of sp³-hybridized carbons (Fsp3) is 0.250. The summed E-state index contributed by atoms with van der Waals surface area (Å²) in [5.41, 5.74) is 13.7. The molecule has 1 aromatic carbocycles. The smallest absolute Gasteiger partial charge is 0.0705 e. The van der Waals surface area contributed by atoms with Crippen molar-refractivity contribution in [2.75, 3.05) is 6.54 Å². The highest BCUT2D eigenvalue weighted by Crippen LogP contribution is 2.22. The van der Waals surface area contributed by atoms with Crippen molar-refractivity contribution in [3.63, 3.8) is 0 Å². The van der Waals surface area contributed by atoms with E-state index in [-0.39, 0.29) is 18.4 Å². The van der Waals surface area contributed by atoms with Gasteiger partial charge in [-0.3, -0.25) is 4.98 Å². The predicted molar refractivity (Wildman–Crippen MR) is 69.6 cm³/mol. The normalized spacial score (nSPS) is 12.1. The van der Waals surface area contributed by atoms with Gasteiger partial charge in [-0.05, 0) is 30.7 Å². The summed E-state index contributed by atoms with van der Waals surface area (Å²) in [6.45, 7) is 0.609. The maximum atomic E-state index is 6.06. The molecule has 1 atom stereocenters. The van der Waals surface area contributed by atoms with Gasteiger partial charge in [0.2, 0.25) is 0 Å². The Hall–Kier alpha value is -1.16. The van der Waals surface area contributed by atoms with Crippen molar-refractivity contribution in [3.8, 4) is 0 Å². The van der Waals surface area contributed by atoms with Crippen LogP contribution in [0.4, 0.5) is 0 Å². The predicted octanol–water partition coefficient (Wildman–Crippen LogP) is 2.01. The molecule has 0 spiro atoms. The van der Waals surface area contributed by atoms with Crippen LogP contribution in [0.3, 0.4) is 0 Å². The first-order valence-corrected chi connectivity index (χ1v) is 5.12. The zero-order valence-corrected chi connectivity index (χ0v) is 9.78. The Morgan fingerprint density at radius 1 is 1.19 bits per heavy atom. The van der Waals surface area contributed by atoms with Crippen molar-refractivity contribution in [3.05, 3.63) is 42.1 Å². The average molecular weight is 238 g/mol. The van der Waals surface area contributed by atoms with E-state index in [4.69, 9.17) is 11.5 Å². The lowest BCUT2D eigenvalue weighted by atomic mass is 10.0. The van der Waals surface area contributed by atoms with Gasteiger partial charge in [0.05, 0.1) is 5.52 Å². The number of aromatic nitrogens is 1. The molecule has 0 aliphatic heterocycles. The Morgan fingerprint density at radius 3 is 2.69 bits per heavy atom. The third kappa shape index (κ3) is 2.50. The van der Waals surface area contributed by atoms with E-state index >= 15 is 0 Å². The summed E-state index contributed by atoms with van der Waals surface area (Å²) in [7, 11) is 0. The molecule has 4 heteroatoms. The topological polar surface area (TPSA) is 64.9 Å². The van der Waals surface area contributed by atoms with Crippen LogP contribution in [-0.2, 0) is 0 Å². The second-order valence-corrected chi connectivity index (χ2v) is 3.60. The SMILES string of the molecule is Cl.NCC[C@@H](N)c1ccnc2ccccc12. The van der Waals surface area contributed by atoms with Crippen molar-refractivity contribution >= 4 is 23.3 Å². The third-order valence-electron chi connectivity index (χ3n) is 2.56. The number of nitrogens with zero attached hydrogens (tertiary/aromatic N) is 1. The van der Waals surface area contributed by atoms with E-state index in [2.05, 4.69) is 4.98 Å². The molecule has 1 heterocycles. The number of pyridine rings is 1. The minimum absolute atomic E-state index is 0. The number of halogens is 1. The van der Waals surface area contributed by atoms with Crippen LogP contribution in [-0.4, -0.2) is 11.5 Å². The zero-order valence-electron chi connectivity index (χ0n) is 8.97. The quantitative estimate of drug-likeness (QED) is 0.858. The highest BCUT2D eigenvalue weighted by atomic mass is 35.5. The van der Waals surface area contributed by atoms with E-state index in [0.29, 0.717) is 6.54 Å². The number of benzene rings is 1. The molecule has 3 nitrogen and oxygen atoms in total. The van der Waals surface area contributed by atoms with Crippen LogP contribution >= 0.6 is 12.4 Å². The molecule has 4 N–H and O–H groups in total. The molecular formula is C12H16ClN3. The van der Waals surface area contributed by atoms with Gasteiger partial charge >= 0.3 is 0 Å². The van der Waals surface area contributed by atoms with Gasteiger partial charge in [-0.25, -0.2) is 0 Å². The maximum absolute atomic E-state index is 6.06. The van der Waals surface area contributed by atoms with E-state index in [1.54, 1.807) is 6.20 Å². The Kier molecular flexibility index (Phi) is 4.68.